The van der Waals surface area contributed by atoms with E-state index < -0.39 is 0 Å². The van der Waals surface area contributed by atoms with Gasteiger partial charge < -0.3 is 19.9 Å². The zero-order valence-electron chi connectivity index (χ0n) is 12.5. The minimum absolute atomic E-state index is 0.277. The van der Waals surface area contributed by atoms with Crippen molar-refractivity contribution in [1.29, 1.82) is 0 Å². The standard InChI is InChI=1S/C15H19FN4O2/c1-11(22-13-5-3-4-12(16)8-13)9-18-15(21)19-10-14-17-6-7-20(14)2/h3-8,11H,9-10H2,1-2H3,(H2,18,19,21)/t11-/m1/s1. The van der Waals surface area contributed by atoms with Gasteiger partial charge in [-0.05, 0) is 19.1 Å². The zero-order valence-corrected chi connectivity index (χ0v) is 12.5. The van der Waals surface area contributed by atoms with Crippen molar-refractivity contribution in [2.75, 3.05) is 6.54 Å². The number of hydrogen-bond donors (Lipinski definition) is 2. The molecule has 1 aromatic carbocycles. The Morgan fingerprint density at radius 1 is 1.45 bits per heavy atom. The predicted octanol–water partition coefficient (Wildman–Crippen LogP) is 1.83. The monoisotopic (exact) mass is 306 g/mol. The van der Waals surface area contributed by atoms with Gasteiger partial charge in [-0.15, -0.1) is 0 Å². The van der Waals surface area contributed by atoms with Crippen molar-refractivity contribution < 1.29 is 13.9 Å². The van der Waals surface area contributed by atoms with Crippen molar-refractivity contribution in [1.82, 2.24) is 20.2 Å². The van der Waals surface area contributed by atoms with Crippen LogP contribution in [0.3, 0.4) is 0 Å². The Bertz CT molecular complexity index is 630. The minimum Gasteiger partial charge on any atom is -0.489 e. The van der Waals surface area contributed by atoms with Gasteiger partial charge in [0, 0.05) is 25.5 Å². The molecule has 0 spiro atoms. The van der Waals surface area contributed by atoms with E-state index in [0.717, 1.165) is 5.82 Å². The summed E-state index contributed by atoms with van der Waals surface area (Å²) in [6.45, 7) is 2.45. The zero-order chi connectivity index (χ0) is 15.9. The van der Waals surface area contributed by atoms with Crippen LogP contribution in [-0.2, 0) is 13.6 Å². The van der Waals surface area contributed by atoms with Crippen molar-refractivity contribution in [3.8, 4) is 5.75 Å². The van der Waals surface area contributed by atoms with Crippen molar-refractivity contribution >= 4 is 6.03 Å². The molecule has 2 rings (SSSR count). The van der Waals surface area contributed by atoms with Crippen LogP contribution in [0.5, 0.6) is 5.75 Å². The number of carbonyl (C=O) groups is 1. The lowest BCUT2D eigenvalue weighted by atomic mass is 10.3. The van der Waals surface area contributed by atoms with Gasteiger partial charge >= 0.3 is 6.03 Å². The molecule has 7 heteroatoms. The molecule has 0 saturated carbocycles. The molecule has 0 bridgehead atoms. The number of carbonyl (C=O) groups excluding carboxylic acids is 1. The molecule has 0 fully saturated rings. The molecular weight excluding hydrogens is 287 g/mol. The highest BCUT2D eigenvalue weighted by Crippen LogP contribution is 2.13. The number of benzene rings is 1. The molecule has 118 valence electrons. The van der Waals surface area contributed by atoms with Gasteiger partial charge in [0.05, 0.1) is 13.1 Å². The average Bonchev–Trinajstić information content (AvgIpc) is 2.88. The third-order valence-corrected chi connectivity index (χ3v) is 3.01. The summed E-state index contributed by atoms with van der Waals surface area (Å²) < 4.78 is 20.4. The third kappa shape index (κ3) is 4.76. The number of aryl methyl sites for hydroxylation is 1. The van der Waals surface area contributed by atoms with Crippen molar-refractivity contribution in [3.63, 3.8) is 0 Å². The molecule has 2 aromatic rings. The van der Waals surface area contributed by atoms with Crippen LogP contribution < -0.4 is 15.4 Å². The van der Waals surface area contributed by atoms with Crippen LogP contribution in [0.15, 0.2) is 36.7 Å². The van der Waals surface area contributed by atoms with Crippen LogP contribution in [0.4, 0.5) is 9.18 Å². The maximum Gasteiger partial charge on any atom is 0.315 e. The second-order valence-electron chi connectivity index (χ2n) is 4.90. The van der Waals surface area contributed by atoms with E-state index in [9.17, 15) is 9.18 Å². The van der Waals surface area contributed by atoms with Crippen molar-refractivity contribution in [3.05, 3.63) is 48.3 Å². The van der Waals surface area contributed by atoms with Gasteiger partial charge in [-0.25, -0.2) is 14.2 Å². The number of imidazole rings is 1. The van der Waals surface area contributed by atoms with E-state index in [1.165, 1.54) is 12.1 Å². The number of halogens is 1. The number of amides is 2. The maximum atomic E-state index is 13.0. The highest BCUT2D eigenvalue weighted by Gasteiger charge is 2.08. The fraction of sp³-hybridized carbons (Fsp3) is 0.333. The van der Waals surface area contributed by atoms with E-state index in [2.05, 4.69) is 15.6 Å². The molecule has 1 atom stereocenters. The van der Waals surface area contributed by atoms with Gasteiger partial charge in [-0.2, -0.15) is 0 Å². The lowest BCUT2D eigenvalue weighted by molar-refractivity contribution is 0.207. The molecule has 0 radical (unpaired) electrons. The van der Waals surface area contributed by atoms with Crippen LogP contribution in [0.1, 0.15) is 12.7 Å². The number of ether oxygens (including phenoxy) is 1. The molecular formula is C15H19FN4O2. The number of rotatable bonds is 6. The first-order chi connectivity index (χ1) is 10.5. The second kappa shape index (κ2) is 7.44. The highest BCUT2D eigenvalue weighted by molar-refractivity contribution is 5.73. The van der Waals surface area contributed by atoms with Crippen LogP contribution in [0.25, 0.3) is 0 Å². The Balaban J connectivity index is 1.70. The molecule has 1 aromatic heterocycles. The van der Waals surface area contributed by atoms with Crippen LogP contribution in [-0.4, -0.2) is 28.2 Å². The summed E-state index contributed by atoms with van der Waals surface area (Å²) in [5.41, 5.74) is 0. The van der Waals surface area contributed by atoms with Crippen molar-refractivity contribution in [2.24, 2.45) is 7.05 Å². The largest absolute Gasteiger partial charge is 0.489 e. The van der Waals surface area contributed by atoms with Gasteiger partial charge in [0.2, 0.25) is 0 Å². The summed E-state index contributed by atoms with van der Waals surface area (Å²) in [5.74, 6) is 0.840. The fourth-order valence-corrected chi connectivity index (χ4v) is 1.84. The summed E-state index contributed by atoms with van der Waals surface area (Å²) in [4.78, 5) is 15.8. The molecule has 2 amide bonds. The van der Waals surface area contributed by atoms with E-state index in [0.29, 0.717) is 18.8 Å². The molecule has 0 aliphatic rings. The summed E-state index contributed by atoms with van der Waals surface area (Å²) >= 11 is 0. The Labute approximate surface area is 128 Å². The molecule has 2 N–H and O–H groups in total. The smallest absolute Gasteiger partial charge is 0.315 e. The number of nitrogens with one attached hydrogen (secondary N) is 2. The third-order valence-electron chi connectivity index (χ3n) is 3.01. The average molecular weight is 306 g/mol. The van der Waals surface area contributed by atoms with Gasteiger partial charge in [-0.3, -0.25) is 0 Å². The molecule has 0 saturated heterocycles. The quantitative estimate of drug-likeness (QED) is 0.855. The first-order valence-electron chi connectivity index (χ1n) is 6.94. The van der Waals surface area contributed by atoms with Crippen LogP contribution in [0, 0.1) is 5.82 Å². The first kappa shape index (κ1) is 15.8. The van der Waals surface area contributed by atoms with Crippen LogP contribution in [0.2, 0.25) is 0 Å². The summed E-state index contributed by atoms with van der Waals surface area (Å²) in [7, 11) is 1.86. The summed E-state index contributed by atoms with van der Waals surface area (Å²) in [6.07, 6.45) is 3.20. The lowest BCUT2D eigenvalue weighted by Crippen LogP contribution is -2.40. The van der Waals surface area contributed by atoms with E-state index in [-0.39, 0.29) is 18.0 Å². The minimum atomic E-state index is -0.356. The molecule has 6 nitrogen and oxygen atoms in total. The Hall–Kier alpha value is -2.57. The number of urea groups is 1. The number of aromatic nitrogens is 2. The second-order valence-corrected chi connectivity index (χ2v) is 4.90. The number of nitrogens with zero attached hydrogens (tertiary/aromatic N) is 2. The Kier molecular flexibility index (Phi) is 5.35. The van der Waals surface area contributed by atoms with Gasteiger partial charge in [0.15, 0.2) is 0 Å². The molecule has 0 unspecified atom stereocenters. The number of hydrogen-bond acceptors (Lipinski definition) is 3. The lowest BCUT2D eigenvalue weighted by Gasteiger charge is -2.15. The predicted molar refractivity (Wildman–Crippen MR) is 79.9 cm³/mol. The molecule has 0 aliphatic heterocycles. The van der Waals surface area contributed by atoms with E-state index in [1.807, 2.05) is 17.8 Å². The van der Waals surface area contributed by atoms with Gasteiger partial charge in [0.1, 0.15) is 23.5 Å². The van der Waals surface area contributed by atoms with E-state index in [4.69, 9.17) is 4.74 Å². The van der Waals surface area contributed by atoms with E-state index >= 15 is 0 Å². The fourth-order valence-electron chi connectivity index (χ4n) is 1.84. The van der Waals surface area contributed by atoms with Gasteiger partial charge in [-0.1, -0.05) is 6.07 Å². The maximum absolute atomic E-state index is 13.0. The topological polar surface area (TPSA) is 68.2 Å². The summed E-state index contributed by atoms with van der Waals surface area (Å²) in [5, 5.41) is 5.40. The van der Waals surface area contributed by atoms with E-state index in [1.54, 1.807) is 25.3 Å². The van der Waals surface area contributed by atoms with Crippen molar-refractivity contribution in [2.45, 2.75) is 19.6 Å². The molecule has 1 heterocycles. The van der Waals surface area contributed by atoms with Crippen LogP contribution >= 0.6 is 0 Å². The SMILES string of the molecule is C[C@H](CNC(=O)NCc1nccn1C)Oc1cccc(F)c1. The molecule has 0 aliphatic carbocycles. The summed E-state index contributed by atoms with van der Waals surface area (Å²) in [6, 6.07) is 5.58. The first-order valence-corrected chi connectivity index (χ1v) is 6.94. The normalized spacial score (nSPS) is 11.8. The Morgan fingerprint density at radius 3 is 2.95 bits per heavy atom. The Morgan fingerprint density at radius 2 is 2.27 bits per heavy atom. The molecule has 22 heavy (non-hydrogen) atoms. The highest BCUT2D eigenvalue weighted by atomic mass is 19.1. The van der Waals surface area contributed by atoms with Gasteiger partial charge in [0.25, 0.3) is 0 Å².